The second kappa shape index (κ2) is 6.91. The smallest absolute Gasteiger partial charge is 0.0260 e. The van der Waals surface area contributed by atoms with Crippen LogP contribution in [0.2, 0.25) is 0 Å². The van der Waals surface area contributed by atoms with Crippen molar-refractivity contribution in [3.05, 3.63) is 46.3 Å². The van der Waals surface area contributed by atoms with Crippen molar-refractivity contribution in [2.24, 2.45) is 11.0 Å². The summed E-state index contributed by atoms with van der Waals surface area (Å²) in [6.07, 6.45) is 3.20. The van der Waals surface area contributed by atoms with Gasteiger partial charge in [-0.05, 0) is 29.9 Å². The van der Waals surface area contributed by atoms with Gasteiger partial charge in [0, 0.05) is 11.5 Å². The molecule has 0 aromatic heterocycles. The van der Waals surface area contributed by atoms with Gasteiger partial charge in [-0.2, -0.15) is 0 Å². The number of hydrogen-bond donors (Lipinski definition) is 0. The van der Waals surface area contributed by atoms with Gasteiger partial charge in [0.2, 0.25) is 0 Å². The highest BCUT2D eigenvalue weighted by atomic mass is 15.1. The lowest BCUT2D eigenvalue weighted by Gasteiger charge is -2.13. The maximum absolute atomic E-state index is 8.20. The van der Waals surface area contributed by atoms with E-state index in [0.717, 1.165) is 19.3 Å². The molecular weight excluding hydrogens is 186 g/mol. The predicted octanol–water partition coefficient (Wildman–Crippen LogP) is 3.96. The van der Waals surface area contributed by atoms with Gasteiger partial charge in [-0.1, -0.05) is 48.8 Å². The van der Waals surface area contributed by atoms with Crippen LogP contribution < -0.4 is 0 Å². The molecule has 0 fully saturated rings. The van der Waals surface area contributed by atoms with Crippen LogP contribution in [0.3, 0.4) is 0 Å². The standard InChI is InChI=1S/C12H17N3/c1-2-11(8-9-14-15-13)10-12-6-4-3-5-7-12/h3-7,11H,2,8-10H2,1H3. The molecule has 0 saturated heterocycles. The van der Waals surface area contributed by atoms with Gasteiger partial charge in [0.25, 0.3) is 0 Å². The maximum atomic E-state index is 8.20. The van der Waals surface area contributed by atoms with Crippen LogP contribution in [0.15, 0.2) is 35.4 Å². The molecular formula is C12H17N3. The van der Waals surface area contributed by atoms with Crippen molar-refractivity contribution in [1.82, 2.24) is 0 Å². The molecule has 1 rings (SSSR count). The zero-order valence-corrected chi connectivity index (χ0v) is 9.13. The third-order valence-electron chi connectivity index (χ3n) is 2.65. The molecule has 1 atom stereocenters. The highest BCUT2D eigenvalue weighted by Gasteiger charge is 2.06. The molecule has 0 aliphatic carbocycles. The number of nitrogens with zero attached hydrogens (tertiary/aromatic N) is 3. The lowest BCUT2D eigenvalue weighted by atomic mass is 9.94. The first-order chi connectivity index (χ1) is 7.36. The molecule has 0 radical (unpaired) electrons. The number of benzene rings is 1. The highest BCUT2D eigenvalue weighted by molar-refractivity contribution is 5.15. The first-order valence-corrected chi connectivity index (χ1v) is 5.41. The zero-order valence-electron chi connectivity index (χ0n) is 9.13. The van der Waals surface area contributed by atoms with E-state index in [-0.39, 0.29) is 0 Å². The molecule has 1 unspecified atom stereocenters. The van der Waals surface area contributed by atoms with Crippen LogP contribution in [0, 0.1) is 5.92 Å². The van der Waals surface area contributed by atoms with E-state index in [2.05, 4.69) is 41.2 Å². The summed E-state index contributed by atoms with van der Waals surface area (Å²) in [6, 6.07) is 10.5. The van der Waals surface area contributed by atoms with Gasteiger partial charge < -0.3 is 0 Å². The predicted molar refractivity (Wildman–Crippen MR) is 62.6 cm³/mol. The van der Waals surface area contributed by atoms with E-state index in [9.17, 15) is 0 Å². The largest absolute Gasteiger partial charge is 0.0940 e. The lowest BCUT2D eigenvalue weighted by molar-refractivity contribution is 0.474. The summed E-state index contributed by atoms with van der Waals surface area (Å²) in [4.78, 5) is 2.77. The summed E-state index contributed by atoms with van der Waals surface area (Å²) in [5, 5.41) is 3.58. The molecule has 0 heterocycles. The van der Waals surface area contributed by atoms with E-state index < -0.39 is 0 Å². The molecule has 15 heavy (non-hydrogen) atoms. The Kier molecular flexibility index (Phi) is 5.34. The minimum atomic E-state index is 0.613. The van der Waals surface area contributed by atoms with Crippen LogP contribution in [-0.2, 0) is 6.42 Å². The molecule has 1 aromatic rings. The summed E-state index contributed by atoms with van der Waals surface area (Å²) in [6.45, 7) is 2.80. The maximum Gasteiger partial charge on any atom is 0.0260 e. The van der Waals surface area contributed by atoms with Crippen LogP contribution in [0.25, 0.3) is 10.4 Å². The average molecular weight is 203 g/mol. The summed E-state index contributed by atoms with van der Waals surface area (Å²) in [5.41, 5.74) is 9.57. The molecule has 0 bridgehead atoms. The van der Waals surface area contributed by atoms with Gasteiger partial charge in [-0.3, -0.25) is 0 Å². The van der Waals surface area contributed by atoms with Crippen molar-refractivity contribution < 1.29 is 0 Å². The Morgan fingerprint density at radius 1 is 1.33 bits per heavy atom. The van der Waals surface area contributed by atoms with Gasteiger partial charge in [-0.15, -0.1) is 0 Å². The molecule has 3 heteroatoms. The fraction of sp³-hybridized carbons (Fsp3) is 0.500. The summed E-state index contributed by atoms with van der Waals surface area (Å²) in [5.74, 6) is 0.623. The van der Waals surface area contributed by atoms with E-state index in [4.69, 9.17) is 5.53 Å². The second-order valence-corrected chi connectivity index (χ2v) is 3.71. The normalized spacial score (nSPS) is 11.8. The molecule has 0 N–H and O–H groups in total. The Morgan fingerprint density at radius 3 is 2.67 bits per heavy atom. The molecule has 0 aliphatic rings. The van der Waals surface area contributed by atoms with Gasteiger partial charge in [0.15, 0.2) is 0 Å². The van der Waals surface area contributed by atoms with Crippen LogP contribution in [0.4, 0.5) is 0 Å². The molecule has 80 valence electrons. The van der Waals surface area contributed by atoms with Crippen LogP contribution in [0.1, 0.15) is 25.3 Å². The Labute approximate surface area is 90.8 Å². The molecule has 0 saturated carbocycles. The van der Waals surface area contributed by atoms with Crippen LogP contribution >= 0.6 is 0 Å². The second-order valence-electron chi connectivity index (χ2n) is 3.71. The fourth-order valence-corrected chi connectivity index (χ4v) is 1.68. The SMILES string of the molecule is CCC(CCN=[N+]=[N-])Cc1ccccc1. The quantitative estimate of drug-likeness (QED) is 0.382. The van der Waals surface area contributed by atoms with Crippen molar-refractivity contribution in [3.63, 3.8) is 0 Å². The van der Waals surface area contributed by atoms with Crippen molar-refractivity contribution in [1.29, 1.82) is 0 Å². The van der Waals surface area contributed by atoms with Crippen molar-refractivity contribution in [3.8, 4) is 0 Å². The Hall–Kier alpha value is -1.47. The molecule has 0 aliphatic heterocycles. The fourth-order valence-electron chi connectivity index (χ4n) is 1.68. The molecule has 1 aromatic carbocycles. The molecule has 0 amide bonds. The van der Waals surface area contributed by atoms with E-state index in [1.54, 1.807) is 0 Å². The minimum Gasteiger partial charge on any atom is -0.0940 e. The Balaban J connectivity index is 2.43. The van der Waals surface area contributed by atoms with Crippen LogP contribution in [-0.4, -0.2) is 6.54 Å². The summed E-state index contributed by atoms with van der Waals surface area (Å²) in [7, 11) is 0. The topological polar surface area (TPSA) is 48.8 Å². The number of azide groups is 1. The number of hydrogen-bond acceptors (Lipinski definition) is 1. The first kappa shape index (κ1) is 11.6. The Bertz CT molecular complexity index is 315. The van der Waals surface area contributed by atoms with E-state index >= 15 is 0 Å². The van der Waals surface area contributed by atoms with Crippen molar-refractivity contribution >= 4 is 0 Å². The third kappa shape index (κ3) is 4.52. The molecule has 3 nitrogen and oxygen atoms in total. The first-order valence-electron chi connectivity index (χ1n) is 5.41. The van der Waals surface area contributed by atoms with Gasteiger partial charge in [-0.25, -0.2) is 0 Å². The monoisotopic (exact) mass is 203 g/mol. The summed E-state index contributed by atoms with van der Waals surface area (Å²) >= 11 is 0. The van der Waals surface area contributed by atoms with Crippen molar-refractivity contribution in [2.75, 3.05) is 6.54 Å². The van der Waals surface area contributed by atoms with E-state index in [0.29, 0.717) is 12.5 Å². The van der Waals surface area contributed by atoms with Gasteiger partial charge in [0.1, 0.15) is 0 Å². The average Bonchev–Trinajstić information content (AvgIpc) is 2.29. The zero-order chi connectivity index (χ0) is 10.9. The highest BCUT2D eigenvalue weighted by Crippen LogP contribution is 2.15. The van der Waals surface area contributed by atoms with E-state index in [1.165, 1.54) is 5.56 Å². The van der Waals surface area contributed by atoms with Gasteiger partial charge in [0.05, 0.1) is 0 Å². The lowest BCUT2D eigenvalue weighted by Crippen LogP contribution is -2.04. The molecule has 0 spiro atoms. The van der Waals surface area contributed by atoms with Gasteiger partial charge >= 0.3 is 0 Å². The van der Waals surface area contributed by atoms with Crippen molar-refractivity contribution in [2.45, 2.75) is 26.2 Å². The Morgan fingerprint density at radius 2 is 2.07 bits per heavy atom. The minimum absolute atomic E-state index is 0.613. The summed E-state index contributed by atoms with van der Waals surface area (Å²) < 4.78 is 0. The third-order valence-corrected chi connectivity index (χ3v) is 2.65. The van der Waals surface area contributed by atoms with E-state index in [1.807, 2.05) is 6.07 Å². The number of rotatable bonds is 6. The van der Waals surface area contributed by atoms with Crippen LogP contribution in [0.5, 0.6) is 0 Å².